The molecular formula is C13H18BrN. The Balaban J connectivity index is 1.93. The molecule has 1 saturated heterocycles. The van der Waals surface area contributed by atoms with E-state index in [2.05, 4.69) is 52.0 Å². The minimum Gasteiger partial charge on any atom is -0.299 e. The van der Waals surface area contributed by atoms with Gasteiger partial charge in [0, 0.05) is 17.6 Å². The van der Waals surface area contributed by atoms with Crippen molar-refractivity contribution >= 4 is 15.9 Å². The van der Waals surface area contributed by atoms with Crippen molar-refractivity contribution in [2.24, 2.45) is 5.92 Å². The number of rotatable bonds is 2. The lowest BCUT2D eigenvalue weighted by atomic mass is 10.00. The fourth-order valence-electron chi connectivity index (χ4n) is 2.28. The lowest BCUT2D eigenvalue weighted by molar-refractivity contribution is 0.176. The Bertz CT molecular complexity index is 307. The summed E-state index contributed by atoms with van der Waals surface area (Å²) in [5.41, 5.74) is 1.42. The van der Waals surface area contributed by atoms with Crippen LogP contribution in [0.15, 0.2) is 28.7 Å². The molecule has 82 valence electrons. The molecule has 15 heavy (non-hydrogen) atoms. The third-order valence-electron chi connectivity index (χ3n) is 3.06. The Morgan fingerprint density at radius 2 is 2.07 bits per heavy atom. The summed E-state index contributed by atoms with van der Waals surface area (Å²) in [4.78, 5) is 2.57. The molecule has 0 unspecified atom stereocenters. The quantitative estimate of drug-likeness (QED) is 0.790. The minimum absolute atomic E-state index is 0.870. The second-order valence-corrected chi connectivity index (χ2v) is 5.52. The first-order chi connectivity index (χ1) is 7.24. The lowest BCUT2D eigenvalue weighted by Gasteiger charge is -2.30. The van der Waals surface area contributed by atoms with Gasteiger partial charge in [-0.05, 0) is 43.0 Å². The molecule has 1 aromatic rings. The standard InChI is InChI=1S/C13H18BrN/c1-11-3-2-8-15(9-11)10-12-4-6-13(14)7-5-12/h4-7,11H,2-3,8-10H2,1H3/t11-/m1/s1. The van der Waals surface area contributed by atoms with Crippen molar-refractivity contribution in [2.45, 2.75) is 26.3 Å². The summed E-state index contributed by atoms with van der Waals surface area (Å²) < 4.78 is 1.17. The fraction of sp³-hybridized carbons (Fsp3) is 0.538. The number of likely N-dealkylation sites (tertiary alicyclic amines) is 1. The van der Waals surface area contributed by atoms with E-state index in [9.17, 15) is 0 Å². The summed E-state index contributed by atoms with van der Waals surface area (Å²) in [7, 11) is 0. The predicted molar refractivity (Wildman–Crippen MR) is 67.8 cm³/mol. The summed E-state index contributed by atoms with van der Waals surface area (Å²) in [6.45, 7) is 5.99. The molecule has 1 aliphatic heterocycles. The maximum absolute atomic E-state index is 3.47. The topological polar surface area (TPSA) is 3.24 Å². The molecule has 0 saturated carbocycles. The van der Waals surface area contributed by atoms with E-state index >= 15 is 0 Å². The summed E-state index contributed by atoms with van der Waals surface area (Å²) in [6.07, 6.45) is 2.76. The molecule has 1 aromatic carbocycles. The Morgan fingerprint density at radius 1 is 1.33 bits per heavy atom. The molecule has 0 spiro atoms. The van der Waals surface area contributed by atoms with E-state index < -0.39 is 0 Å². The molecule has 0 aliphatic carbocycles. The van der Waals surface area contributed by atoms with Gasteiger partial charge in [0.05, 0.1) is 0 Å². The number of benzene rings is 1. The lowest BCUT2D eigenvalue weighted by Crippen LogP contribution is -2.33. The van der Waals surface area contributed by atoms with Crippen LogP contribution in [0.4, 0.5) is 0 Å². The van der Waals surface area contributed by atoms with Gasteiger partial charge in [0.25, 0.3) is 0 Å². The van der Waals surface area contributed by atoms with Crippen molar-refractivity contribution in [1.29, 1.82) is 0 Å². The van der Waals surface area contributed by atoms with E-state index in [-0.39, 0.29) is 0 Å². The molecular weight excluding hydrogens is 250 g/mol. The molecule has 0 amide bonds. The first-order valence-corrected chi connectivity index (χ1v) is 6.50. The van der Waals surface area contributed by atoms with Crippen molar-refractivity contribution in [3.63, 3.8) is 0 Å². The van der Waals surface area contributed by atoms with Gasteiger partial charge in [-0.1, -0.05) is 35.0 Å². The molecule has 1 aliphatic rings. The molecule has 2 heteroatoms. The van der Waals surface area contributed by atoms with Crippen LogP contribution in [0.2, 0.25) is 0 Å². The second-order valence-electron chi connectivity index (χ2n) is 4.61. The maximum atomic E-state index is 3.47. The molecule has 1 heterocycles. The van der Waals surface area contributed by atoms with E-state index in [1.807, 2.05) is 0 Å². The van der Waals surface area contributed by atoms with Gasteiger partial charge < -0.3 is 0 Å². The summed E-state index contributed by atoms with van der Waals surface area (Å²) in [5.74, 6) is 0.870. The van der Waals surface area contributed by atoms with Gasteiger partial charge in [0.15, 0.2) is 0 Å². The molecule has 0 radical (unpaired) electrons. The highest BCUT2D eigenvalue weighted by Gasteiger charge is 2.15. The van der Waals surface area contributed by atoms with E-state index in [1.165, 1.54) is 36.0 Å². The van der Waals surface area contributed by atoms with Gasteiger partial charge in [0.2, 0.25) is 0 Å². The molecule has 2 rings (SSSR count). The average molecular weight is 268 g/mol. The first-order valence-electron chi connectivity index (χ1n) is 5.71. The zero-order chi connectivity index (χ0) is 10.7. The molecule has 0 N–H and O–H groups in total. The van der Waals surface area contributed by atoms with Crippen molar-refractivity contribution < 1.29 is 0 Å². The molecule has 0 bridgehead atoms. The van der Waals surface area contributed by atoms with Crippen LogP contribution in [0.1, 0.15) is 25.3 Å². The van der Waals surface area contributed by atoms with Crippen LogP contribution in [0.25, 0.3) is 0 Å². The van der Waals surface area contributed by atoms with Gasteiger partial charge in [-0.3, -0.25) is 4.90 Å². The number of hydrogen-bond donors (Lipinski definition) is 0. The monoisotopic (exact) mass is 267 g/mol. The van der Waals surface area contributed by atoms with Crippen LogP contribution < -0.4 is 0 Å². The summed E-state index contributed by atoms with van der Waals surface area (Å²) in [6, 6.07) is 8.68. The Kier molecular flexibility index (Phi) is 3.81. The van der Waals surface area contributed by atoms with E-state index in [0.29, 0.717) is 0 Å². The number of piperidine rings is 1. The number of halogens is 1. The predicted octanol–water partition coefficient (Wildman–Crippen LogP) is 3.68. The highest BCUT2D eigenvalue weighted by atomic mass is 79.9. The van der Waals surface area contributed by atoms with Crippen LogP contribution in [0.3, 0.4) is 0 Å². The zero-order valence-corrected chi connectivity index (χ0v) is 10.8. The smallest absolute Gasteiger partial charge is 0.0233 e. The van der Waals surface area contributed by atoms with E-state index in [1.54, 1.807) is 0 Å². The second kappa shape index (κ2) is 5.13. The largest absolute Gasteiger partial charge is 0.299 e. The number of nitrogens with zero attached hydrogens (tertiary/aromatic N) is 1. The Labute approximate surface area is 101 Å². The number of hydrogen-bond acceptors (Lipinski definition) is 1. The van der Waals surface area contributed by atoms with Crippen LogP contribution in [0.5, 0.6) is 0 Å². The van der Waals surface area contributed by atoms with Crippen molar-refractivity contribution in [3.8, 4) is 0 Å². The Morgan fingerprint density at radius 3 is 2.73 bits per heavy atom. The Hall–Kier alpha value is -0.340. The summed E-state index contributed by atoms with van der Waals surface area (Å²) >= 11 is 3.47. The van der Waals surface area contributed by atoms with Gasteiger partial charge in [-0.25, -0.2) is 0 Å². The van der Waals surface area contributed by atoms with Crippen molar-refractivity contribution in [1.82, 2.24) is 4.90 Å². The zero-order valence-electron chi connectivity index (χ0n) is 9.25. The third-order valence-corrected chi connectivity index (χ3v) is 3.59. The highest BCUT2D eigenvalue weighted by molar-refractivity contribution is 9.10. The van der Waals surface area contributed by atoms with E-state index in [4.69, 9.17) is 0 Å². The first kappa shape index (κ1) is 11.2. The van der Waals surface area contributed by atoms with Gasteiger partial charge in [0.1, 0.15) is 0 Å². The van der Waals surface area contributed by atoms with Gasteiger partial charge in [-0.15, -0.1) is 0 Å². The van der Waals surface area contributed by atoms with Crippen molar-refractivity contribution in [3.05, 3.63) is 34.3 Å². The SMILES string of the molecule is C[C@@H]1CCCN(Cc2ccc(Br)cc2)C1. The van der Waals surface area contributed by atoms with Crippen molar-refractivity contribution in [2.75, 3.05) is 13.1 Å². The fourth-order valence-corrected chi connectivity index (χ4v) is 2.54. The van der Waals surface area contributed by atoms with Crippen LogP contribution in [-0.4, -0.2) is 18.0 Å². The molecule has 1 fully saturated rings. The van der Waals surface area contributed by atoms with Gasteiger partial charge >= 0.3 is 0 Å². The van der Waals surface area contributed by atoms with Gasteiger partial charge in [-0.2, -0.15) is 0 Å². The van der Waals surface area contributed by atoms with Crippen LogP contribution in [-0.2, 0) is 6.54 Å². The average Bonchev–Trinajstić information content (AvgIpc) is 2.22. The highest BCUT2D eigenvalue weighted by Crippen LogP contribution is 2.18. The molecule has 1 nitrogen and oxygen atoms in total. The van der Waals surface area contributed by atoms with Crippen LogP contribution in [0, 0.1) is 5.92 Å². The van der Waals surface area contributed by atoms with E-state index in [0.717, 1.165) is 12.5 Å². The third kappa shape index (κ3) is 3.32. The molecule has 0 aromatic heterocycles. The minimum atomic E-state index is 0.870. The normalized spacial score (nSPS) is 22.9. The molecule has 1 atom stereocenters. The van der Waals surface area contributed by atoms with Crippen LogP contribution >= 0.6 is 15.9 Å². The summed E-state index contributed by atoms with van der Waals surface area (Å²) in [5, 5.41) is 0. The maximum Gasteiger partial charge on any atom is 0.0233 e.